The molecule has 2 amide bonds. The molecule has 0 aromatic carbocycles. The van der Waals surface area contributed by atoms with Gasteiger partial charge in [0.15, 0.2) is 0 Å². The van der Waals surface area contributed by atoms with Crippen LogP contribution in [0.4, 0.5) is 4.79 Å². The normalized spacial score (nSPS) is 15.5. The van der Waals surface area contributed by atoms with Crippen LogP contribution < -0.4 is 0 Å². The van der Waals surface area contributed by atoms with Crippen LogP contribution in [0.5, 0.6) is 0 Å². The number of carbonyl (C=O) groups is 2. The third-order valence-corrected chi connectivity index (χ3v) is 5.72. The molecule has 1 fully saturated rings. The van der Waals surface area contributed by atoms with Crippen molar-refractivity contribution in [2.45, 2.75) is 65.9 Å². The van der Waals surface area contributed by atoms with Crippen molar-refractivity contribution in [2.75, 3.05) is 26.2 Å². The van der Waals surface area contributed by atoms with E-state index in [-0.39, 0.29) is 12.0 Å². The molecule has 0 aliphatic carbocycles. The first-order valence-electron chi connectivity index (χ1n) is 10.9. The van der Waals surface area contributed by atoms with Gasteiger partial charge in [-0.15, -0.1) is 0 Å². The van der Waals surface area contributed by atoms with Gasteiger partial charge in [0.05, 0.1) is 16.8 Å². The van der Waals surface area contributed by atoms with Crippen molar-refractivity contribution in [3.05, 3.63) is 35.2 Å². The van der Waals surface area contributed by atoms with Gasteiger partial charge < -0.3 is 14.5 Å². The van der Waals surface area contributed by atoms with Crippen LogP contribution in [0.2, 0.25) is 0 Å². The fourth-order valence-corrected chi connectivity index (χ4v) is 4.09. The fraction of sp³-hybridized carbons (Fsp3) is 0.609. The lowest BCUT2D eigenvalue weighted by atomic mass is 9.89. The molecular weight excluding hydrogens is 380 g/mol. The molecule has 0 N–H and O–H groups in total. The summed E-state index contributed by atoms with van der Waals surface area (Å²) in [6.07, 6.45) is 3.45. The zero-order valence-corrected chi connectivity index (χ0v) is 19.1. The molecule has 3 rings (SSSR count). The van der Waals surface area contributed by atoms with Gasteiger partial charge in [0.2, 0.25) is 0 Å². The zero-order chi connectivity index (χ0) is 22.1. The predicted molar refractivity (Wildman–Crippen MR) is 117 cm³/mol. The van der Waals surface area contributed by atoms with E-state index in [0.29, 0.717) is 37.7 Å². The summed E-state index contributed by atoms with van der Waals surface area (Å²) >= 11 is 0. The summed E-state index contributed by atoms with van der Waals surface area (Å²) in [5.41, 5.74) is 3.01. The topological polar surface area (TPSA) is 67.2 Å². The molecule has 0 radical (unpaired) electrons. The molecule has 7 heteroatoms. The van der Waals surface area contributed by atoms with Crippen LogP contribution >= 0.6 is 0 Å². The van der Waals surface area contributed by atoms with E-state index >= 15 is 0 Å². The maximum absolute atomic E-state index is 13.0. The second-order valence-electron chi connectivity index (χ2n) is 8.97. The quantitative estimate of drug-likeness (QED) is 0.750. The minimum atomic E-state index is -0.480. The number of ether oxygens (including phenoxy) is 1. The van der Waals surface area contributed by atoms with Crippen molar-refractivity contribution >= 4 is 17.5 Å². The SMILES string of the molecule is CCN(CC)C(=O)c1c(C)nn2ccc(C3CCN(C(=O)OC(C)(C)C)CC3)cc12. The number of rotatable bonds is 4. The lowest BCUT2D eigenvalue weighted by Crippen LogP contribution is -2.41. The van der Waals surface area contributed by atoms with E-state index in [1.807, 2.05) is 52.6 Å². The number of nitrogens with zero attached hydrogens (tertiary/aromatic N) is 4. The molecule has 3 heterocycles. The van der Waals surface area contributed by atoms with Gasteiger partial charge in [-0.05, 0) is 78.0 Å². The number of fused-ring (bicyclic) bond motifs is 1. The number of aromatic nitrogens is 2. The van der Waals surface area contributed by atoms with E-state index in [4.69, 9.17) is 4.74 Å². The second-order valence-corrected chi connectivity index (χ2v) is 8.97. The maximum atomic E-state index is 13.0. The Kier molecular flexibility index (Phi) is 6.38. The summed E-state index contributed by atoms with van der Waals surface area (Å²) in [6, 6.07) is 4.18. The number of likely N-dealkylation sites (tertiary alicyclic amines) is 1. The maximum Gasteiger partial charge on any atom is 0.410 e. The van der Waals surface area contributed by atoms with Crippen LogP contribution in [-0.2, 0) is 4.74 Å². The average molecular weight is 415 g/mol. The number of hydrogen-bond acceptors (Lipinski definition) is 4. The molecule has 2 aromatic heterocycles. The highest BCUT2D eigenvalue weighted by Gasteiger charge is 2.28. The van der Waals surface area contributed by atoms with Gasteiger partial charge in [-0.1, -0.05) is 0 Å². The standard InChI is InChI=1S/C23H34N4O3/c1-7-25(8-2)21(28)20-16(3)24-27-14-11-18(15-19(20)27)17-9-12-26(13-10-17)22(29)30-23(4,5)6/h11,14-15,17H,7-10,12-13H2,1-6H3. The van der Waals surface area contributed by atoms with Crippen LogP contribution in [0.1, 0.15) is 75.0 Å². The minimum absolute atomic E-state index is 0.0318. The summed E-state index contributed by atoms with van der Waals surface area (Å²) < 4.78 is 7.29. The Morgan fingerprint density at radius 2 is 1.83 bits per heavy atom. The Bertz CT molecular complexity index is 916. The summed E-state index contributed by atoms with van der Waals surface area (Å²) in [5.74, 6) is 0.379. The Balaban J connectivity index is 1.79. The summed E-state index contributed by atoms with van der Waals surface area (Å²) in [5, 5.41) is 4.54. The van der Waals surface area contributed by atoms with E-state index in [0.717, 1.165) is 24.1 Å². The highest BCUT2D eigenvalue weighted by molar-refractivity contribution is 6.02. The number of piperidine rings is 1. The van der Waals surface area contributed by atoms with E-state index in [2.05, 4.69) is 17.2 Å². The highest BCUT2D eigenvalue weighted by atomic mass is 16.6. The number of amides is 2. The molecule has 1 aliphatic heterocycles. The molecule has 1 aliphatic rings. The molecule has 0 bridgehead atoms. The molecular formula is C23H34N4O3. The van der Waals surface area contributed by atoms with E-state index < -0.39 is 5.60 Å². The van der Waals surface area contributed by atoms with Crippen molar-refractivity contribution in [3.63, 3.8) is 0 Å². The van der Waals surface area contributed by atoms with Crippen molar-refractivity contribution < 1.29 is 14.3 Å². The van der Waals surface area contributed by atoms with Crippen LogP contribution in [-0.4, -0.2) is 63.2 Å². The van der Waals surface area contributed by atoms with Crippen LogP contribution in [0.15, 0.2) is 18.3 Å². The van der Waals surface area contributed by atoms with Crippen molar-refractivity contribution in [2.24, 2.45) is 0 Å². The van der Waals surface area contributed by atoms with Gasteiger partial charge in [0, 0.05) is 32.4 Å². The van der Waals surface area contributed by atoms with Crippen LogP contribution in [0.3, 0.4) is 0 Å². The summed E-state index contributed by atoms with van der Waals surface area (Å²) in [4.78, 5) is 29.0. The lowest BCUT2D eigenvalue weighted by Gasteiger charge is -2.33. The molecule has 164 valence electrons. The average Bonchev–Trinajstić information content (AvgIpc) is 3.02. The molecule has 1 saturated heterocycles. The Labute approximate surface area is 179 Å². The van der Waals surface area contributed by atoms with Crippen molar-refractivity contribution in [3.8, 4) is 0 Å². The number of pyridine rings is 1. The van der Waals surface area contributed by atoms with Gasteiger partial charge in [-0.25, -0.2) is 9.31 Å². The Hall–Kier alpha value is -2.57. The van der Waals surface area contributed by atoms with Gasteiger partial charge in [-0.2, -0.15) is 5.10 Å². The van der Waals surface area contributed by atoms with Gasteiger partial charge in [0.25, 0.3) is 5.91 Å². The van der Waals surface area contributed by atoms with Gasteiger partial charge in [-0.3, -0.25) is 4.79 Å². The number of hydrogen-bond donors (Lipinski definition) is 0. The van der Waals surface area contributed by atoms with Crippen LogP contribution in [0.25, 0.3) is 5.52 Å². The molecule has 0 saturated carbocycles. The first-order valence-corrected chi connectivity index (χ1v) is 10.9. The van der Waals surface area contributed by atoms with Gasteiger partial charge in [0.1, 0.15) is 5.60 Å². The molecule has 0 atom stereocenters. The van der Waals surface area contributed by atoms with E-state index in [9.17, 15) is 9.59 Å². The third kappa shape index (κ3) is 4.60. The largest absolute Gasteiger partial charge is 0.444 e. The molecule has 7 nitrogen and oxygen atoms in total. The first kappa shape index (κ1) is 22.1. The van der Waals surface area contributed by atoms with Crippen molar-refractivity contribution in [1.29, 1.82) is 0 Å². The lowest BCUT2D eigenvalue weighted by molar-refractivity contribution is 0.0204. The number of carbonyl (C=O) groups excluding carboxylic acids is 2. The van der Waals surface area contributed by atoms with E-state index in [1.165, 1.54) is 5.56 Å². The monoisotopic (exact) mass is 414 g/mol. The molecule has 0 spiro atoms. The third-order valence-electron chi connectivity index (χ3n) is 5.72. The molecule has 2 aromatic rings. The Morgan fingerprint density at radius 1 is 1.20 bits per heavy atom. The molecule has 30 heavy (non-hydrogen) atoms. The van der Waals surface area contributed by atoms with E-state index in [1.54, 1.807) is 9.42 Å². The fourth-order valence-electron chi connectivity index (χ4n) is 4.09. The minimum Gasteiger partial charge on any atom is -0.444 e. The Morgan fingerprint density at radius 3 is 2.40 bits per heavy atom. The zero-order valence-electron chi connectivity index (χ0n) is 19.1. The molecule has 0 unspecified atom stereocenters. The highest BCUT2D eigenvalue weighted by Crippen LogP contribution is 2.30. The van der Waals surface area contributed by atoms with Crippen LogP contribution in [0, 0.1) is 6.92 Å². The van der Waals surface area contributed by atoms with Crippen molar-refractivity contribution in [1.82, 2.24) is 19.4 Å². The van der Waals surface area contributed by atoms with Gasteiger partial charge >= 0.3 is 6.09 Å². The summed E-state index contributed by atoms with van der Waals surface area (Å²) in [6.45, 7) is 14.2. The predicted octanol–water partition coefficient (Wildman–Crippen LogP) is 4.24. The summed E-state index contributed by atoms with van der Waals surface area (Å²) in [7, 11) is 0. The first-order chi connectivity index (χ1) is 14.1. The number of aryl methyl sites for hydroxylation is 1. The smallest absolute Gasteiger partial charge is 0.410 e. The second kappa shape index (κ2) is 8.66.